The van der Waals surface area contributed by atoms with Gasteiger partial charge in [-0.1, -0.05) is 218 Å². The minimum atomic E-state index is 0.196. The van der Waals surface area contributed by atoms with E-state index in [0.29, 0.717) is 23.2 Å². The highest BCUT2D eigenvalue weighted by Crippen LogP contribution is 2.46. The second kappa shape index (κ2) is 20.3. The number of nitrogens with zero attached hydrogens (tertiary/aromatic N) is 6. The van der Waals surface area contributed by atoms with Crippen LogP contribution in [0.3, 0.4) is 0 Å². The van der Waals surface area contributed by atoms with Crippen molar-refractivity contribution in [1.82, 2.24) is 24.1 Å². The quantitative estimate of drug-likeness (QED) is 0.128. The van der Waals surface area contributed by atoms with Crippen LogP contribution in [0.15, 0.2) is 285 Å². The molecule has 1 aliphatic carbocycles. The summed E-state index contributed by atoms with van der Waals surface area (Å²) in [5, 5.41) is 4.45. The molecule has 6 nitrogen and oxygen atoms in total. The fraction of sp³-hybridized carbons (Fsp3) is 0.0263. The molecule has 6 heteroatoms. The normalized spacial score (nSPS) is 13.1. The van der Waals surface area contributed by atoms with E-state index in [2.05, 4.69) is 287 Å². The Hall–Kier alpha value is -11.0. The number of benzene rings is 11. The largest absolute Gasteiger partial charge is 0.309 e. The van der Waals surface area contributed by atoms with Crippen molar-refractivity contribution in [3.05, 3.63) is 302 Å². The zero-order chi connectivity index (χ0) is 54.5. The van der Waals surface area contributed by atoms with E-state index in [1.54, 1.807) is 0 Å². The van der Waals surface area contributed by atoms with Gasteiger partial charge >= 0.3 is 0 Å². The summed E-state index contributed by atoms with van der Waals surface area (Å²) in [6.45, 7) is 8.22. The second-order valence-electron chi connectivity index (χ2n) is 21.0. The lowest BCUT2D eigenvalue weighted by Crippen LogP contribution is -2.05. The van der Waals surface area contributed by atoms with Crippen LogP contribution in [0.4, 0.5) is 5.69 Å². The van der Waals surface area contributed by atoms with E-state index in [9.17, 15) is 0 Å². The summed E-state index contributed by atoms with van der Waals surface area (Å²) >= 11 is 0. The lowest BCUT2D eigenvalue weighted by atomic mass is 9.88. The average Bonchev–Trinajstić information content (AvgIpc) is 3.23. The highest BCUT2D eigenvalue weighted by atomic mass is 15.0. The van der Waals surface area contributed by atoms with Crippen molar-refractivity contribution in [2.24, 2.45) is 0 Å². The van der Waals surface area contributed by atoms with E-state index in [1.165, 1.54) is 16.3 Å². The van der Waals surface area contributed by atoms with Crippen molar-refractivity contribution in [2.45, 2.75) is 12.3 Å². The molecule has 3 aromatic heterocycles. The highest BCUT2D eigenvalue weighted by molar-refractivity contribution is 6.14. The number of hydrogen-bond donors (Lipinski definition) is 0. The third-order valence-electron chi connectivity index (χ3n) is 16.1. The summed E-state index contributed by atoms with van der Waals surface area (Å²) in [6.07, 6.45) is 9.71. The Kier molecular flexibility index (Phi) is 11.9. The lowest BCUT2D eigenvalue weighted by molar-refractivity contribution is 0.854. The molecule has 384 valence electrons. The molecule has 82 heavy (non-hydrogen) atoms. The Morgan fingerprint density at radius 2 is 0.817 bits per heavy atom. The van der Waals surface area contributed by atoms with E-state index in [1.807, 2.05) is 12.1 Å². The van der Waals surface area contributed by atoms with Crippen molar-refractivity contribution in [3.8, 4) is 90.0 Å². The van der Waals surface area contributed by atoms with Crippen LogP contribution in [0.25, 0.3) is 139 Å². The lowest BCUT2D eigenvalue weighted by Gasteiger charge is -2.21. The van der Waals surface area contributed by atoms with E-state index in [4.69, 9.17) is 21.5 Å². The molecule has 1 aliphatic rings. The van der Waals surface area contributed by atoms with Gasteiger partial charge in [0.2, 0.25) is 0 Å². The molecule has 0 N–H and O–H groups in total. The Labute approximate surface area is 475 Å². The number of hydrogen-bond acceptors (Lipinski definition) is 3. The van der Waals surface area contributed by atoms with Gasteiger partial charge < -0.3 is 9.13 Å². The topological polar surface area (TPSA) is 52.9 Å². The summed E-state index contributed by atoms with van der Waals surface area (Å²) in [6, 6.07) is 92.4. The maximum atomic E-state index is 8.22. The van der Waals surface area contributed by atoms with Gasteiger partial charge in [0, 0.05) is 55.6 Å². The molecule has 0 saturated heterocycles. The fourth-order valence-corrected chi connectivity index (χ4v) is 12.2. The predicted molar refractivity (Wildman–Crippen MR) is 338 cm³/mol. The standard InChI is InChI=1S/C76H50N6/c1-77-61-39-41-71-67(48-61)68-49-62(81-69-33-19-17-31-63(69)64-32-18-20-34-70(64)81)40-42-72(68)82(71)73-65(54-27-13-5-14-28-54)46-60(47-66(73)55-29-15-6-16-30-55)76-79-74(56-37-35-53(36-38-56)50-21-7-2-8-22-50)78-75(80-76)59-44-57(51-23-9-3-10-24-51)43-58(45-59)52-25-11-4-12-26-52/h2-25,27-49,52H,26H2. The van der Waals surface area contributed by atoms with Crippen molar-refractivity contribution in [2.75, 3.05) is 0 Å². The minimum Gasteiger partial charge on any atom is -0.309 e. The predicted octanol–water partition coefficient (Wildman–Crippen LogP) is 19.9. The number of rotatable bonds is 10. The molecule has 0 radical (unpaired) electrons. The first-order chi connectivity index (χ1) is 40.6. The number of aromatic nitrogens is 5. The summed E-state index contributed by atoms with van der Waals surface area (Å²) in [7, 11) is 0. The van der Waals surface area contributed by atoms with Crippen LogP contribution in [0.5, 0.6) is 0 Å². The molecule has 0 saturated carbocycles. The van der Waals surface area contributed by atoms with Crippen LogP contribution in [0.1, 0.15) is 17.9 Å². The molecule has 15 rings (SSSR count). The van der Waals surface area contributed by atoms with Crippen molar-refractivity contribution >= 4 is 49.3 Å². The first-order valence-electron chi connectivity index (χ1n) is 27.8. The second-order valence-corrected chi connectivity index (χ2v) is 21.0. The van der Waals surface area contributed by atoms with Gasteiger partial charge in [-0.25, -0.2) is 19.8 Å². The van der Waals surface area contributed by atoms with E-state index in [-0.39, 0.29) is 5.92 Å². The van der Waals surface area contributed by atoms with Gasteiger partial charge in [-0.3, -0.25) is 0 Å². The Morgan fingerprint density at radius 3 is 1.39 bits per heavy atom. The highest BCUT2D eigenvalue weighted by Gasteiger charge is 2.25. The number of fused-ring (bicyclic) bond motifs is 6. The van der Waals surface area contributed by atoms with Crippen LogP contribution < -0.4 is 0 Å². The third kappa shape index (κ3) is 8.57. The van der Waals surface area contributed by atoms with E-state index in [0.717, 1.165) is 112 Å². The minimum absolute atomic E-state index is 0.196. The monoisotopic (exact) mass is 1050 g/mol. The molecule has 0 aliphatic heterocycles. The smallest absolute Gasteiger partial charge is 0.188 e. The Balaban J connectivity index is 0.993. The first-order valence-corrected chi connectivity index (χ1v) is 27.8. The Bertz CT molecular complexity index is 4760. The molecule has 0 spiro atoms. The van der Waals surface area contributed by atoms with Crippen LogP contribution in [0, 0.1) is 6.57 Å². The van der Waals surface area contributed by atoms with E-state index >= 15 is 0 Å². The van der Waals surface area contributed by atoms with Crippen LogP contribution in [-0.4, -0.2) is 24.1 Å². The van der Waals surface area contributed by atoms with Crippen LogP contribution >= 0.6 is 0 Å². The van der Waals surface area contributed by atoms with Gasteiger partial charge in [-0.2, -0.15) is 0 Å². The molecule has 1 unspecified atom stereocenters. The molecule has 0 bridgehead atoms. The van der Waals surface area contributed by atoms with Gasteiger partial charge in [0.05, 0.1) is 34.3 Å². The van der Waals surface area contributed by atoms with Crippen LogP contribution in [0.2, 0.25) is 0 Å². The molecule has 1 atom stereocenters. The first kappa shape index (κ1) is 48.2. The van der Waals surface area contributed by atoms with Gasteiger partial charge in [0.25, 0.3) is 0 Å². The summed E-state index contributed by atoms with van der Waals surface area (Å²) in [4.78, 5) is 20.4. The van der Waals surface area contributed by atoms with Crippen LogP contribution in [-0.2, 0) is 0 Å². The maximum absolute atomic E-state index is 8.22. The number of para-hydroxylation sites is 2. The van der Waals surface area contributed by atoms with Crippen molar-refractivity contribution in [3.63, 3.8) is 0 Å². The molecule has 0 fully saturated rings. The van der Waals surface area contributed by atoms with Gasteiger partial charge in [-0.05, 0) is 117 Å². The summed E-state index contributed by atoms with van der Waals surface area (Å²) in [5.74, 6) is 1.92. The van der Waals surface area contributed by atoms with Crippen molar-refractivity contribution < 1.29 is 0 Å². The molecule has 0 amide bonds. The molecular weight excluding hydrogens is 997 g/mol. The van der Waals surface area contributed by atoms with Crippen molar-refractivity contribution in [1.29, 1.82) is 0 Å². The fourth-order valence-electron chi connectivity index (χ4n) is 12.2. The summed E-state index contributed by atoms with van der Waals surface area (Å²) < 4.78 is 4.77. The third-order valence-corrected chi connectivity index (χ3v) is 16.1. The number of allylic oxidation sites excluding steroid dienone is 4. The molecule has 14 aromatic rings. The molecular formula is C76H50N6. The zero-order valence-electron chi connectivity index (χ0n) is 44.6. The van der Waals surface area contributed by atoms with E-state index < -0.39 is 0 Å². The van der Waals surface area contributed by atoms with Gasteiger partial charge in [0.1, 0.15) is 0 Å². The van der Waals surface area contributed by atoms with Gasteiger partial charge in [0.15, 0.2) is 23.2 Å². The summed E-state index contributed by atoms with van der Waals surface area (Å²) in [5.41, 5.74) is 19.3. The maximum Gasteiger partial charge on any atom is 0.188 e. The zero-order valence-corrected chi connectivity index (χ0v) is 44.6. The SMILES string of the molecule is [C-]#[N+]c1ccc2c(c1)c1cc(-n3c4ccccc4c4ccccc43)ccc1n2-c1c(-c2ccccc2)cc(-c2nc(-c3ccc(-c4ccccc4)cc3)nc(-c3cc(-c4ccccc4)cc(C4C=CC=CC4)c3)n2)cc1-c1ccccc1. The molecule has 3 heterocycles. The average molecular weight is 1050 g/mol. The van der Waals surface area contributed by atoms with Gasteiger partial charge in [-0.15, -0.1) is 0 Å². The molecule has 11 aromatic carbocycles. The Morgan fingerprint density at radius 1 is 0.354 bits per heavy atom.